The lowest BCUT2D eigenvalue weighted by atomic mass is 9.78. The van der Waals surface area contributed by atoms with Gasteiger partial charge in [0.25, 0.3) is 0 Å². The van der Waals surface area contributed by atoms with E-state index in [4.69, 9.17) is 5.11 Å². The summed E-state index contributed by atoms with van der Waals surface area (Å²) in [5.74, 6) is -0.188. The van der Waals surface area contributed by atoms with Crippen molar-refractivity contribution in [2.45, 2.75) is 39.0 Å². The summed E-state index contributed by atoms with van der Waals surface area (Å²) < 4.78 is 0. The molecule has 0 unspecified atom stereocenters. The van der Waals surface area contributed by atoms with Crippen molar-refractivity contribution in [3.63, 3.8) is 0 Å². The minimum absolute atomic E-state index is 0.0475. The predicted molar refractivity (Wildman–Crippen MR) is 43.4 cm³/mol. The van der Waals surface area contributed by atoms with Crippen LogP contribution in [0.25, 0.3) is 0 Å². The molecule has 0 heterocycles. The van der Waals surface area contributed by atoms with Crippen LogP contribution >= 0.6 is 0 Å². The molecule has 0 aromatic heterocycles. The van der Waals surface area contributed by atoms with Crippen molar-refractivity contribution in [2.75, 3.05) is 0 Å². The topological polar surface area (TPSA) is 37.3 Å². The average molecular weight is 156 g/mol. The molecule has 0 radical (unpaired) electrons. The molecule has 2 heteroatoms. The number of hydrogen-bond donors (Lipinski definition) is 1. The van der Waals surface area contributed by atoms with Gasteiger partial charge in [-0.1, -0.05) is 26.2 Å². The maximum Gasteiger partial charge on any atom is 0.306 e. The molecule has 0 aromatic carbocycles. The van der Waals surface area contributed by atoms with Gasteiger partial charge in [0, 0.05) is 0 Å². The van der Waals surface area contributed by atoms with Crippen molar-refractivity contribution in [1.29, 1.82) is 0 Å². The average Bonchev–Trinajstić information content (AvgIpc) is 2.04. The number of carboxylic acids is 1. The Morgan fingerprint density at radius 1 is 1.45 bits per heavy atom. The van der Waals surface area contributed by atoms with E-state index in [2.05, 4.69) is 6.92 Å². The van der Waals surface area contributed by atoms with Gasteiger partial charge in [0.05, 0.1) is 5.92 Å². The first kappa shape index (κ1) is 8.57. The quantitative estimate of drug-likeness (QED) is 0.666. The fourth-order valence-electron chi connectivity index (χ4n) is 2.02. The van der Waals surface area contributed by atoms with Gasteiger partial charge < -0.3 is 5.11 Å². The van der Waals surface area contributed by atoms with Crippen molar-refractivity contribution < 1.29 is 9.90 Å². The fraction of sp³-hybridized carbons (Fsp3) is 0.889. The molecule has 0 saturated heterocycles. The summed E-state index contributed by atoms with van der Waals surface area (Å²) in [7, 11) is 0. The van der Waals surface area contributed by atoms with Gasteiger partial charge in [0.2, 0.25) is 0 Å². The highest BCUT2D eigenvalue weighted by molar-refractivity contribution is 5.70. The molecule has 2 nitrogen and oxygen atoms in total. The van der Waals surface area contributed by atoms with Gasteiger partial charge in [-0.3, -0.25) is 4.79 Å². The lowest BCUT2D eigenvalue weighted by Gasteiger charge is -2.27. The molecular formula is C9H16O2. The number of hydrogen-bond acceptors (Lipinski definition) is 1. The smallest absolute Gasteiger partial charge is 0.306 e. The fourth-order valence-corrected chi connectivity index (χ4v) is 2.02. The molecule has 1 saturated carbocycles. The van der Waals surface area contributed by atoms with E-state index in [0.717, 1.165) is 25.7 Å². The SMILES string of the molecule is CC[C@@H]1CCCC[C@@H]1C(=O)O. The Balaban J connectivity index is 2.51. The van der Waals surface area contributed by atoms with Crippen LogP contribution in [-0.2, 0) is 4.79 Å². The standard InChI is InChI=1S/C9H16O2/c1-2-7-5-3-4-6-8(7)9(10)11/h7-8H,2-6H2,1H3,(H,10,11)/t7-,8+/m1/s1. The molecular weight excluding hydrogens is 140 g/mol. The van der Waals surface area contributed by atoms with Gasteiger partial charge in [0.15, 0.2) is 0 Å². The van der Waals surface area contributed by atoms with E-state index in [0.29, 0.717) is 5.92 Å². The molecule has 0 aromatic rings. The normalized spacial score (nSPS) is 31.7. The van der Waals surface area contributed by atoms with E-state index < -0.39 is 5.97 Å². The van der Waals surface area contributed by atoms with Crippen LogP contribution in [0, 0.1) is 11.8 Å². The molecule has 1 fully saturated rings. The van der Waals surface area contributed by atoms with Gasteiger partial charge in [-0.2, -0.15) is 0 Å². The number of rotatable bonds is 2. The van der Waals surface area contributed by atoms with Crippen molar-refractivity contribution in [1.82, 2.24) is 0 Å². The van der Waals surface area contributed by atoms with Crippen molar-refractivity contribution in [3.05, 3.63) is 0 Å². The van der Waals surface area contributed by atoms with Gasteiger partial charge >= 0.3 is 5.97 Å². The summed E-state index contributed by atoms with van der Waals surface area (Å²) in [6.07, 6.45) is 5.37. The van der Waals surface area contributed by atoms with Gasteiger partial charge in [0.1, 0.15) is 0 Å². The zero-order valence-electron chi connectivity index (χ0n) is 7.05. The van der Waals surface area contributed by atoms with Crippen LogP contribution in [0.3, 0.4) is 0 Å². The zero-order valence-corrected chi connectivity index (χ0v) is 7.05. The highest BCUT2D eigenvalue weighted by Gasteiger charge is 2.28. The molecule has 11 heavy (non-hydrogen) atoms. The van der Waals surface area contributed by atoms with E-state index >= 15 is 0 Å². The lowest BCUT2D eigenvalue weighted by Crippen LogP contribution is -2.26. The Hall–Kier alpha value is -0.530. The van der Waals surface area contributed by atoms with Crippen LogP contribution in [0.1, 0.15) is 39.0 Å². The molecule has 0 spiro atoms. The zero-order chi connectivity index (χ0) is 8.27. The maximum atomic E-state index is 10.7. The second kappa shape index (κ2) is 3.74. The Bertz CT molecular complexity index is 142. The third kappa shape index (κ3) is 1.95. The Morgan fingerprint density at radius 3 is 2.55 bits per heavy atom. The maximum absolute atomic E-state index is 10.7. The van der Waals surface area contributed by atoms with Crippen LogP contribution in [0.4, 0.5) is 0 Å². The summed E-state index contributed by atoms with van der Waals surface area (Å²) in [5.41, 5.74) is 0. The second-order valence-corrected chi connectivity index (χ2v) is 3.40. The highest BCUT2D eigenvalue weighted by atomic mass is 16.4. The third-order valence-electron chi connectivity index (χ3n) is 2.75. The number of aliphatic carboxylic acids is 1. The lowest BCUT2D eigenvalue weighted by molar-refractivity contribution is -0.144. The van der Waals surface area contributed by atoms with E-state index in [-0.39, 0.29) is 5.92 Å². The van der Waals surface area contributed by atoms with Crippen LogP contribution in [0.15, 0.2) is 0 Å². The minimum Gasteiger partial charge on any atom is -0.481 e. The molecule has 64 valence electrons. The minimum atomic E-state index is -0.587. The summed E-state index contributed by atoms with van der Waals surface area (Å²) in [6, 6.07) is 0. The first-order chi connectivity index (χ1) is 5.25. The molecule has 1 rings (SSSR count). The van der Waals surface area contributed by atoms with E-state index in [1.54, 1.807) is 0 Å². The van der Waals surface area contributed by atoms with E-state index in [1.165, 1.54) is 6.42 Å². The Morgan fingerprint density at radius 2 is 2.09 bits per heavy atom. The summed E-state index contributed by atoms with van der Waals surface area (Å²) >= 11 is 0. The molecule has 1 aliphatic rings. The van der Waals surface area contributed by atoms with Crippen LogP contribution < -0.4 is 0 Å². The van der Waals surface area contributed by atoms with Crippen molar-refractivity contribution in [2.24, 2.45) is 11.8 Å². The molecule has 0 amide bonds. The number of carbonyl (C=O) groups is 1. The summed E-state index contributed by atoms with van der Waals surface area (Å²) in [4.78, 5) is 10.7. The molecule has 0 aliphatic heterocycles. The predicted octanol–water partition coefficient (Wildman–Crippen LogP) is 2.29. The van der Waals surface area contributed by atoms with Crippen molar-refractivity contribution >= 4 is 5.97 Å². The van der Waals surface area contributed by atoms with Crippen LogP contribution in [-0.4, -0.2) is 11.1 Å². The van der Waals surface area contributed by atoms with Gasteiger partial charge in [-0.05, 0) is 18.8 Å². The monoisotopic (exact) mass is 156 g/mol. The van der Waals surface area contributed by atoms with E-state index in [1.807, 2.05) is 0 Å². The van der Waals surface area contributed by atoms with E-state index in [9.17, 15) is 4.79 Å². The highest BCUT2D eigenvalue weighted by Crippen LogP contribution is 2.32. The summed E-state index contributed by atoms with van der Waals surface area (Å²) in [5, 5.41) is 8.84. The molecule has 0 bridgehead atoms. The largest absolute Gasteiger partial charge is 0.481 e. The van der Waals surface area contributed by atoms with Crippen LogP contribution in [0.5, 0.6) is 0 Å². The third-order valence-corrected chi connectivity index (χ3v) is 2.75. The number of carboxylic acid groups (broad SMARTS) is 1. The first-order valence-corrected chi connectivity index (χ1v) is 4.48. The van der Waals surface area contributed by atoms with Crippen LogP contribution in [0.2, 0.25) is 0 Å². The Labute approximate surface area is 67.6 Å². The van der Waals surface area contributed by atoms with Crippen molar-refractivity contribution in [3.8, 4) is 0 Å². The summed E-state index contributed by atoms with van der Waals surface area (Å²) in [6.45, 7) is 2.09. The van der Waals surface area contributed by atoms with Gasteiger partial charge in [-0.25, -0.2) is 0 Å². The Kier molecular flexibility index (Phi) is 2.92. The molecule has 1 N–H and O–H groups in total. The molecule has 1 aliphatic carbocycles. The molecule has 2 atom stereocenters. The second-order valence-electron chi connectivity index (χ2n) is 3.40. The van der Waals surface area contributed by atoms with Gasteiger partial charge in [-0.15, -0.1) is 0 Å². The first-order valence-electron chi connectivity index (χ1n) is 4.48.